The predicted octanol–water partition coefficient (Wildman–Crippen LogP) is 0.139. The Hall–Kier alpha value is -1.64. The largest absolute Gasteiger partial charge is 0.338 e. The van der Waals surface area contributed by atoms with Crippen LogP contribution in [0, 0.1) is 5.92 Å². The lowest BCUT2D eigenvalue weighted by molar-refractivity contribution is 0.176. The van der Waals surface area contributed by atoms with E-state index in [-0.39, 0.29) is 29.4 Å². The minimum absolute atomic E-state index is 0.0447. The summed E-state index contributed by atoms with van der Waals surface area (Å²) in [5.41, 5.74) is 0. The molecule has 2 unspecified atom stereocenters. The smallest absolute Gasteiger partial charge is 0.317 e. The fraction of sp³-hybridized carbons (Fsp3) is 0.786. The van der Waals surface area contributed by atoms with Crippen molar-refractivity contribution in [3.05, 3.63) is 12.2 Å². The van der Waals surface area contributed by atoms with Crippen molar-refractivity contribution in [2.75, 3.05) is 31.1 Å². The van der Waals surface area contributed by atoms with Crippen molar-refractivity contribution >= 4 is 15.9 Å². The van der Waals surface area contributed by atoms with Gasteiger partial charge in [-0.2, -0.15) is 0 Å². The Morgan fingerprint density at radius 3 is 2.91 bits per heavy atom. The Bertz CT molecular complexity index is 672. The summed E-state index contributed by atoms with van der Waals surface area (Å²) in [6.07, 6.45) is 4.25. The number of aryl methyl sites for hydroxylation is 1. The van der Waals surface area contributed by atoms with Crippen LogP contribution in [-0.2, 0) is 16.9 Å². The molecule has 9 heteroatoms. The van der Waals surface area contributed by atoms with Crippen molar-refractivity contribution in [1.82, 2.24) is 25.0 Å². The third-order valence-electron chi connectivity index (χ3n) is 4.69. The van der Waals surface area contributed by atoms with E-state index in [2.05, 4.69) is 15.5 Å². The lowest BCUT2D eigenvalue weighted by Gasteiger charge is -2.32. The molecule has 2 amide bonds. The zero-order chi connectivity index (χ0) is 16.4. The number of carbonyl (C=O) groups is 1. The van der Waals surface area contributed by atoms with Crippen LogP contribution in [0.15, 0.2) is 6.33 Å². The molecule has 2 atom stereocenters. The van der Waals surface area contributed by atoms with Crippen LogP contribution in [0.3, 0.4) is 0 Å². The van der Waals surface area contributed by atoms with Gasteiger partial charge in [0, 0.05) is 32.6 Å². The quantitative estimate of drug-likeness (QED) is 0.843. The van der Waals surface area contributed by atoms with Gasteiger partial charge in [-0.3, -0.25) is 0 Å². The number of carbonyl (C=O) groups excluding carboxylic acids is 1. The highest BCUT2D eigenvalue weighted by atomic mass is 32.2. The number of aromatic nitrogens is 3. The minimum atomic E-state index is -2.89. The fourth-order valence-corrected chi connectivity index (χ4v) is 5.27. The summed E-state index contributed by atoms with van der Waals surface area (Å²) >= 11 is 0. The van der Waals surface area contributed by atoms with Crippen molar-refractivity contribution in [3.63, 3.8) is 0 Å². The first-order chi connectivity index (χ1) is 10.9. The summed E-state index contributed by atoms with van der Waals surface area (Å²) < 4.78 is 24.8. The second-order valence-electron chi connectivity index (χ2n) is 6.54. The molecule has 3 rings (SSSR count). The van der Waals surface area contributed by atoms with Gasteiger partial charge >= 0.3 is 6.03 Å². The molecule has 0 spiro atoms. The second-order valence-corrected chi connectivity index (χ2v) is 8.77. The second kappa shape index (κ2) is 6.46. The monoisotopic (exact) mass is 341 g/mol. The van der Waals surface area contributed by atoms with Gasteiger partial charge in [-0.25, -0.2) is 13.2 Å². The van der Waals surface area contributed by atoms with Gasteiger partial charge < -0.3 is 14.8 Å². The molecule has 128 valence electrons. The predicted molar refractivity (Wildman–Crippen MR) is 84.7 cm³/mol. The van der Waals surface area contributed by atoms with Gasteiger partial charge in [0.05, 0.1) is 11.5 Å². The van der Waals surface area contributed by atoms with E-state index in [1.54, 1.807) is 11.2 Å². The molecule has 8 nitrogen and oxygen atoms in total. The first kappa shape index (κ1) is 16.2. The molecule has 2 saturated heterocycles. The highest BCUT2D eigenvalue weighted by molar-refractivity contribution is 7.91. The summed E-state index contributed by atoms with van der Waals surface area (Å²) in [7, 11) is -0.983. The number of amides is 2. The van der Waals surface area contributed by atoms with Crippen LogP contribution < -0.4 is 5.32 Å². The summed E-state index contributed by atoms with van der Waals surface area (Å²) in [5.74, 6) is 1.59. The average molecular weight is 341 g/mol. The fourth-order valence-electron chi connectivity index (χ4n) is 3.41. The lowest BCUT2D eigenvalue weighted by atomic mass is 9.97. The summed E-state index contributed by atoms with van der Waals surface area (Å²) in [5, 5.41) is 10.9. The molecule has 0 aliphatic carbocycles. The van der Waals surface area contributed by atoms with Crippen molar-refractivity contribution in [1.29, 1.82) is 0 Å². The van der Waals surface area contributed by atoms with Gasteiger partial charge in [-0.1, -0.05) is 0 Å². The number of likely N-dealkylation sites (tertiary alicyclic amines) is 1. The van der Waals surface area contributed by atoms with Crippen LogP contribution in [-0.4, -0.2) is 65.3 Å². The van der Waals surface area contributed by atoms with E-state index in [4.69, 9.17) is 0 Å². The van der Waals surface area contributed by atoms with E-state index >= 15 is 0 Å². The van der Waals surface area contributed by atoms with Gasteiger partial charge in [0.25, 0.3) is 0 Å². The van der Waals surface area contributed by atoms with Crippen LogP contribution in [0.1, 0.15) is 31.0 Å². The van der Waals surface area contributed by atoms with Crippen LogP contribution in [0.25, 0.3) is 0 Å². The molecule has 1 aromatic rings. The van der Waals surface area contributed by atoms with Gasteiger partial charge in [0.15, 0.2) is 9.84 Å². The van der Waals surface area contributed by atoms with Crippen molar-refractivity contribution in [2.45, 2.75) is 25.2 Å². The van der Waals surface area contributed by atoms with E-state index in [9.17, 15) is 13.2 Å². The maximum atomic E-state index is 12.3. The van der Waals surface area contributed by atoms with E-state index in [0.717, 1.165) is 25.2 Å². The molecule has 0 saturated carbocycles. The Kier molecular flexibility index (Phi) is 4.56. The van der Waals surface area contributed by atoms with E-state index < -0.39 is 9.84 Å². The third-order valence-corrected chi connectivity index (χ3v) is 6.53. The molecule has 1 N–H and O–H groups in total. The molecule has 23 heavy (non-hydrogen) atoms. The topological polar surface area (TPSA) is 97.2 Å². The number of nitrogens with zero attached hydrogens (tertiary/aromatic N) is 4. The number of urea groups is 1. The lowest BCUT2D eigenvalue weighted by Crippen LogP contribution is -2.46. The van der Waals surface area contributed by atoms with Crippen molar-refractivity contribution < 1.29 is 13.2 Å². The summed E-state index contributed by atoms with van der Waals surface area (Å²) in [6.45, 7) is 1.79. The Morgan fingerprint density at radius 1 is 1.43 bits per heavy atom. The maximum absolute atomic E-state index is 12.3. The van der Waals surface area contributed by atoms with Gasteiger partial charge in [-0.15, -0.1) is 10.2 Å². The maximum Gasteiger partial charge on any atom is 0.317 e. The first-order valence-electron chi connectivity index (χ1n) is 8.02. The third kappa shape index (κ3) is 3.82. The van der Waals surface area contributed by atoms with Crippen molar-refractivity contribution in [2.24, 2.45) is 13.0 Å². The zero-order valence-electron chi connectivity index (χ0n) is 13.3. The average Bonchev–Trinajstić information content (AvgIpc) is 3.10. The Balaban J connectivity index is 1.52. The number of hydrogen-bond acceptors (Lipinski definition) is 5. The highest BCUT2D eigenvalue weighted by Crippen LogP contribution is 2.25. The normalized spacial score (nSPS) is 27.1. The first-order valence-corrected chi connectivity index (χ1v) is 9.84. The van der Waals surface area contributed by atoms with Crippen molar-refractivity contribution in [3.8, 4) is 0 Å². The van der Waals surface area contributed by atoms with E-state index in [0.29, 0.717) is 19.5 Å². The molecule has 1 aromatic heterocycles. The number of sulfone groups is 1. The number of rotatable bonds is 3. The van der Waals surface area contributed by atoms with E-state index in [1.807, 2.05) is 11.6 Å². The molecule has 2 aliphatic rings. The molecule has 3 heterocycles. The molecular formula is C14H23N5O3S. The SMILES string of the molecule is Cn1cnnc1C1CCCN(C(=O)NCC2CCS(=O)(=O)C2)C1. The van der Waals surface area contributed by atoms with E-state index in [1.165, 1.54) is 0 Å². The standard InChI is InChI=1S/C14H23N5O3S/c1-18-10-16-17-13(18)12-3-2-5-19(8-12)14(20)15-7-11-4-6-23(21,22)9-11/h10-12H,2-9H2,1H3,(H,15,20). The molecule has 2 fully saturated rings. The number of nitrogens with one attached hydrogen (secondary N) is 1. The Morgan fingerprint density at radius 2 is 2.26 bits per heavy atom. The molecular weight excluding hydrogens is 318 g/mol. The minimum Gasteiger partial charge on any atom is -0.338 e. The zero-order valence-corrected chi connectivity index (χ0v) is 14.1. The van der Waals surface area contributed by atoms with Gasteiger partial charge in [0.2, 0.25) is 0 Å². The molecule has 0 radical (unpaired) electrons. The van der Waals surface area contributed by atoms with Crippen LogP contribution in [0.2, 0.25) is 0 Å². The van der Waals surface area contributed by atoms with Crippen LogP contribution in [0.5, 0.6) is 0 Å². The molecule has 0 bridgehead atoms. The molecule has 0 aromatic carbocycles. The number of piperidine rings is 1. The number of hydrogen-bond donors (Lipinski definition) is 1. The van der Waals surface area contributed by atoms with Gasteiger partial charge in [-0.05, 0) is 25.2 Å². The van der Waals surface area contributed by atoms with Gasteiger partial charge in [0.1, 0.15) is 12.2 Å². The van der Waals surface area contributed by atoms with Crippen LogP contribution in [0.4, 0.5) is 4.79 Å². The highest BCUT2D eigenvalue weighted by Gasteiger charge is 2.30. The summed E-state index contributed by atoms with van der Waals surface area (Å²) in [6, 6.07) is -0.110. The Labute approximate surface area is 136 Å². The molecule has 2 aliphatic heterocycles. The van der Waals surface area contributed by atoms with Crippen LogP contribution >= 0.6 is 0 Å². The summed E-state index contributed by atoms with van der Waals surface area (Å²) in [4.78, 5) is 14.1.